The van der Waals surface area contributed by atoms with E-state index in [1.807, 2.05) is 6.92 Å². The Morgan fingerprint density at radius 3 is 2.55 bits per heavy atom. The zero-order chi connectivity index (χ0) is 14.9. The smallest absolute Gasteiger partial charge is 0.184 e. The number of aromatic nitrogens is 2. The Labute approximate surface area is 122 Å². The van der Waals surface area contributed by atoms with Gasteiger partial charge in [-0.15, -0.1) is 11.6 Å². The van der Waals surface area contributed by atoms with Crippen LogP contribution in [0.4, 0.5) is 8.78 Å². The maximum absolute atomic E-state index is 14.2. The number of rotatable bonds is 5. The van der Waals surface area contributed by atoms with Gasteiger partial charge in [0.25, 0.3) is 0 Å². The first-order valence-electron chi connectivity index (χ1n) is 7.01. The van der Waals surface area contributed by atoms with E-state index < -0.39 is 11.6 Å². The van der Waals surface area contributed by atoms with Gasteiger partial charge in [0.2, 0.25) is 0 Å². The Morgan fingerprint density at radius 2 is 2.00 bits per heavy atom. The predicted molar refractivity (Wildman–Crippen MR) is 78.2 cm³/mol. The largest absolute Gasteiger partial charge is 0.321 e. The molecule has 0 bridgehead atoms. The second-order valence-electron chi connectivity index (χ2n) is 5.04. The molecule has 0 aliphatic rings. The molecule has 2 nitrogen and oxygen atoms in total. The predicted octanol–water partition coefficient (Wildman–Crippen LogP) is 5.37. The molecule has 0 aliphatic heterocycles. The van der Waals surface area contributed by atoms with Gasteiger partial charge >= 0.3 is 0 Å². The van der Waals surface area contributed by atoms with Crippen molar-refractivity contribution in [3.8, 4) is 0 Å². The molecule has 0 N–H and O–H groups in total. The number of alkyl halides is 1. The van der Waals surface area contributed by atoms with Gasteiger partial charge in [-0.05, 0) is 31.9 Å². The maximum atomic E-state index is 14.2. The molecule has 2 rings (SSSR count). The van der Waals surface area contributed by atoms with Gasteiger partial charge in [0.15, 0.2) is 11.6 Å². The summed E-state index contributed by atoms with van der Waals surface area (Å²) in [5, 5.41) is -0.351. The van der Waals surface area contributed by atoms with Crippen LogP contribution < -0.4 is 0 Å². The summed E-state index contributed by atoms with van der Waals surface area (Å²) in [6.07, 6.45) is 2.67. The molecule has 5 heteroatoms. The lowest BCUT2D eigenvalue weighted by atomic mass is 10.1. The topological polar surface area (TPSA) is 17.8 Å². The second-order valence-corrected chi connectivity index (χ2v) is 5.69. The minimum atomic E-state index is -0.848. The fourth-order valence-electron chi connectivity index (χ4n) is 2.64. The molecule has 0 saturated carbocycles. The van der Waals surface area contributed by atoms with Crippen LogP contribution in [0.5, 0.6) is 0 Å². The van der Waals surface area contributed by atoms with E-state index in [0.717, 1.165) is 25.3 Å². The van der Waals surface area contributed by atoms with Crippen LogP contribution in [0, 0.1) is 11.6 Å². The molecule has 0 amide bonds. The summed E-state index contributed by atoms with van der Waals surface area (Å²) >= 11 is 6.17. The van der Waals surface area contributed by atoms with Crippen LogP contribution in [-0.4, -0.2) is 9.55 Å². The number of nitrogens with zero attached hydrogens (tertiary/aromatic N) is 2. The number of fused-ring (bicyclic) bond motifs is 1. The standard InChI is InChI=1S/C15H19ClF2N2/c1-4-6-10(5-2)20-14-12(19-15(20)9(3)16)8-7-11(17)13(14)18/h7-10H,4-6H2,1-3H3. The summed E-state index contributed by atoms with van der Waals surface area (Å²) in [5.74, 6) is -1.08. The van der Waals surface area contributed by atoms with E-state index >= 15 is 0 Å². The van der Waals surface area contributed by atoms with Crippen LogP contribution in [0.3, 0.4) is 0 Å². The molecule has 0 fully saturated rings. The highest BCUT2D eigenvalue weighted by atomic mass is 35.5. The van der Waals surface area contributed by atoms with Crippen molar-refractivity contribution in [2.75, 3.05) is 0 Å². The monoisotopic (exact) mass is 300 g/mol. The molecular weight excluding hydrogens is 282 g/mol. The van der Waals surface area contributed by atoms with E-state index in [2.05, 4.69) is 11.9 Å². The van der Waals surface area contributed by atoms with Crippen LogP contribution in [0.25, 0.3) is 11.0 Å². The summed E-state index contributed by atoms with van der Waals surface area (Å²) in [6, 6.07) is 2.70. The van der Waals surface area contributed by atoms with Crippen molar-refractivity contribution >= 4 is 22.6 Å². The van der Waals surface area contributed by atoms with Crippen LogP contribution in [0.15, 0.2) is 12.1 Å². The third-order valence-corrected chi connectivity index (χ3v) is 3.78. The third kappa shape index (κ3) is 2.53. The first-order valence-corrected chi connectivity index (χ1v) is 7.44. The molecule has 1 aromatic carbocycles. The Bertz CT molecular complexity index is 607. The molecular formula is C15H19ClF2N2. The summed E-state index contributed by atoms with van der Waals surface area (Å²) in [4.78, 5) is 4.39. The van der Waals surface area contributed by atoms with Crippen LogP contribution in [-0.2, 0) is 0 Å². The Morgan fingerprint density at radius 1 is 1.30 bits per heavy atom. The lowest BCUT2D eigenvalue weighted by Gasteiger charge is -2.21. The van der Waals surface area contributed by atoms with Crippen molar-refractivity contribution in [3.05, 3.63) is 29.6 Å². The van der Waals surface area contributed by atoms with E-state index in [1.165, 1.54) is 6.07 Å². The van der Waals surface area contributed by atoms with Crippen molar-refractivity contribution in [2.24, 2.45) is 0 Å². The minimum Gasteiger partial charge on any atom is -0.321 e. The Hall–Kier alpha value is -1.16. The van der Waals surface area contributed by atoms with Crippen molar-refractivity contribution in [1.82, 2.24) is 9.55 Å². The SMILES string of the molecule is CCCC(CC)n1c(C(C)Cl)nc2ccc(F)c(F)c21. The number of imidazole rings is 1. The number of halogens is 3. The molecule has 2 unspecified atom stereocenters. The molecule has 110 valence electrons. The average Bonchev–Trinajstić information content (AvgIpc) is 2.80. The maximum Gasteiger partial charge on any atom is 0.184 e. The van der Waals surface area contributed by atoms with Crippen molar-refractivity contribution in [3.63, 3.8) is 0 Å². The van der Waals surface area contributed by atoms with E-state index in [9.17, 15) is 8.78 Å². The first-order chi connectivity index (χ1) is 9.51. The molecule has 0 aliphatic carbocycles. The third-order valence-electron chi connectivity index (χ3n) is 3.58. The molecule has 20 heavy (non-hydrogen) atoms. The van der Waals surface area contributed by atoms with Crippen molar-refractivity contribution in [2.45, 2.75) is 51.5 Å². The molecule has 1 aromatic heterocycles. The summed E-state index contributed by atoms with van der Waals surface area (Å²) in [5.41, 5.74) is 0.689. The van der Waals surface area contributed by atoms with Crippen molar-refractivity contribution < 1.29 is 8.78 Å². The number of hydrogen-bond acceptors (Lipinski definition) is 1. The molecule has 0 radical (unpaired) electrons. The Balaban J connectivity index is 2.75. The highest BCUT2D eigenvalue weighted by Crippen LogP contribution is 2.33. The number of hydrogen-bond donors (Lipinski definition) is 0. The van der Waals surface area contributed by atoms with Gasteiger partial charge in [0.05, 0.1) is 10.9 Å². The highest BCUT2D eigenvalue weighted by molar-refractivity contribution is 6.20. The summed E-state index contributed by atoms with van der Waals surface area (Å²) in [7, 11) is 0. The van der Waals surface area contributed by atoms with E-state index in [0.29, 0.717) is 11.3 Å². The van der Waals surface area contributed by atoms with Gasteiger partial charge in [-0.2, -0.15) is 0 Å². The zero-order valence-corrected chi connectivity index (χ0v) is 12.7. The van der Waals surface area contributed by atoms with Crippen molar-refractivity contribution in [1.29, 1.82) is 0 Å². The van der Waals surface area contributed by atoms with Gasteiger partial charge in [0.1, 0.15) is 11.3 Å². The van der Waals surface area contributed by atoms with Crippen LogP contribution in [0.2, 0.25) is 0 Å². The molecule has 2 aromatic rings. The van der Waals surface area contributed by atoms with E-state index in [4.69, 9.17) is 11.6 Å². The fourth-order valence-corrected chi connectivity index (χ4v) is 2.79. The first kappa shape index (κ1) is 15.2. The Kier molecular flexibility index (Phi) is 4.63. The molecule has 1 heterocycles. The van der Waals surface area contributed by atoms with E-state index in [1.54, 1.807) is 11.5 Å². The molecule has 2 atom stereocenters. The minimum absolute atomic E-state index is 0.0810. The lowest BCUT2D eigenvalue weighted by Crippen LogP contribution is -2.13. The summed E-state index contributed by atoms with van der Waals surface area (Å²) in [6.45, 7) is 5.90. The van der Waals surface area contributed by atoms with Crippen LogP contribution in [0.1, 0.15) is 57.3 Å². The lowest BCUT2D eigenvalue weighted by molar-refractivity contribution is 0.435. The van der Waals surface area contributed by atoms with Gasteiger partial charge in [0, 0.05) is 6.04 Å². The van der Waals surface area contributed by atoms with Crippen LogP contribution >= 0.6 is 11.6 Å². The number of benzene rings is 1. The second kappa shape index (κ2) is 6.08. The van der Waals surface area contributed by atoms with Gasteiger partial charge < -0.3 is 4.57 Å². The zero-order valence-electron chi connectivity index (χ0n) is 12.0. The van der Waals surface area contributed by atoms with Gasteiger partial charge in [-0.3, -0.25) is 0 Å². The fraction of sp³-hybridized carbons (Fsp3) is 0.533. The van der Waals surface area contributed by atoms with E-state index in [-0.39, 0.29) is 16.9 Å². The van der Waals surface area contributed by atoms with Gasteiger partial charge in [-0.25, -0.2) is 13.8 Å². The average molecular weight is 301 g/mol. The normalized spacial score (nSPS) is 14.7. The quantitative estimate of drug-likeness (QED) is 0.679. The van der Waals surface area contributed by atoms with Gasteiger partial charge in [-0.1, -0.05) is 20.3 Å². The molecule has 0 saturated heterocycles. The molecule has 0 spiro atoms. The summed E-state index contributed by atoms with van der Waals surface area (Å²) < 4.78 is 29.5. The highest BCUT2D eigenvalue weighted by Gasteiger charge is 2.23.